The molecule has 2 nitrogen and oxygen atoms in total. The SMILES string of the molecule is O=C(Nc1ccccc1C(F)(F)F)C1CC2CCCC(C1)C21SCCS1. The summed E-state index contributed by atoms with van der Waals surface area (Å²) in [4.78, 5) is 12.8. The predicted octanol–water partition coefficient (Wildman–Crippen LogP) is 5.65. The summed E-state index contributed by atoms with van der Waals surface area (Å²) in [6.45, 7) is 0. The van der Waals surface area contributed by atoms with Gasteiger partial charge in [-0.15, -0.1) is 23.5 Å². The Hall–Kier alpha value is -0.820. The average molecular weight is 402 g/mol. The van der Waals surface area contributed by atoms with Crippen LogP contribution in [-0.4, -0.2) is 21.5 Å². The van der Waals surface area contributed by atoms with E-state index in [1.807, 2.05) is 0 Å². The van der Waals surface area contributed by atoms with Crippen molar-refractivity contribution in [1.82, 2.24) is 0 Å². The minimum Gasteiger partial charge on any atom is -0.325 e. The predicted molar refractivity (Wildman–Crippen MR) is 101 cm³/mol. The molecule has 3 aliphatic rings. The van der Waals surface area contributed by atoms with Crippen LogP contribution >= 0.6 is 23.5 Å². The van der Waals surface area contributed by atoms with E-state index < -0.39 is 11.7 Å². The summed E-state index contributed by atoms with van der Waals surface area (Å²) in [6.07, 6.45) is 0.628. The number of benzene rings is 1. The molecule has 1 aliphatic heterocycles. The van der Waals surface area contributed by atoms with Crippen LogP contribution < -0.4 is 5.32 Å². The van der Waals surface area contributed by atoms with Crippen LogP contribution in [0.15, 0.2) is 24.3 Å². The molecule has 7 heteroatoms. The Morgan fingerprint density at radius 1 is 1.08 bits per heavy atom. The molecular formula is C19H22F3NOS2. The highest BCUT2D eigenvalue weighted by Gasteiger charge is 2.55. The Kier molecular flexibility index (Phi) is 4.97. The Balaban J connectivity index is 1.51. The van der Waals surface area contributed by atoms with Crippen LogP contribution in [-0.2, 0) is 11.0 Å². The highest BCUT2D eigenvalue weighted by atomic mass is 32.2. The summed E-state index contributed by atoms with van der Waals surface area (Å²) < 4.78 is 39.8. The van der Waals surface area contributed by atoms with Crippen molar-refractivity contribution in [2.75, 3.05) is 16.8 Å². The fourth-order valence-electron chi connectivity index (χ4n) is 4.90. The number of nitrogens with one attached hydrogen (secondary N) is 1. The quantitative estimate of drug-likeness (QED) is 0.695. The Labute approximate surface area is 160 Å². The van der Waals surface area contributed by atoms with Gasteiger partial charge in [0.2, 0.25) is 5.91 Å². The number of thioether (sulfide) groups is 2. The van der Waals surface area contributed by atoms with Crippen molar-refractivity contribution in [2.24, 2.45) is 17.8 Å². The van der Waals surface area contributed by atoms with E-state index in [0.29, 0.717) is 11.8 Å². The maximum atomic E-state index is 13.2. The number of hydrogen-bond acceptors (Lipinski definition) is 3. The first-order chi connectivity index (χ1) is 12.4. The number of anilines is 1. The summed E-state index contributed by atoms with van der Waals surface area (Å²) in [5.41, 5.74) is -0.900. The van der Waals surface area contributed by atoms with Gasteiger partial charge in [0, 0.05) is 17.4 Å². The van der Waals surface area contributed by atoms with Crippen molar-refractivity contribution < 1.29 is 18.0 Å². The van der Waals surface area contributed by atoms with Crippen LogP contribution in [0.5, 0.6) is 0 Å². The molecule has 0 radical (unpaired) electrons. The lowest BCUT2D eigenvalue weighted by molar-refractivity contribution is -0.137. The van der Waals surface area contributed by atoms with Crippen LogP contribution in [0.4, 0.5) is 18.9 Å². The van der Waals surface area contributed by atoms with E-state index in [-0.39, 0.29) is 21.6 Å². The molecule has 4 rings (SSSR count). The van der Waals surface area contributed by atoms with Crippen LogP contribution in [0, 0.1) is 17.8 Å². The monoisotopic (exact) mass is 401 g/mol. The number of rotatable bonds is 2. The molecule has 1 spiro atoms. The lowest BCUT2D eigenvalue weighted by atomic mass is 9.67. The van der Waals surface area contributed by atoms with E-state index in [2.05, 4.69) is 28.8 Å². The summed E-state index contributed by atoms with van der Waals surface area (Å²) in [7, 11) is 0. The van der Waals surface area contributed by atoms with Gasteiger partial charge in [0.1, 0.15) is 0 Å². The first kappa shape index (κ1) is 18.5. The largest absolute Gasteiger partial charge is 0.418 e. The number of para-hydroxylation sites is 1. The molecule has 26 heavy (non-hydrogen) atoms. The first-order valence-corrected chi connectivity index (χ1v) is 11.1. The standard InChI is InChI=1S/C19H22F3NOS2/c20-19(21,22)15-6-1-2-7-16(15)23-17(24)12-10-13-4-3-5-14(11-12)18(13)25-8-9-26-18/h1-2,6-7,12-14H,3-5,8-11H2,(H,23,24). The van der Waals surface area contributed by atoms with Crippen LogP contribution in [0.3, 0.4) is 0 Å². The highest BCUT2D eigenvalue weighted by molar-refractivity contribution is 8.21. The van der Waals surface area contributed by atoms with E-state index in [1.165, 1.54) is 36.1 Å². The Bertz CT molecular complexity index is 672. The third-order valence-electron chi connectivity index (χ3n) is 5.98. The molecule has 2 atom stereocenters. The number of carbonyl (C=O) groups is 1. The zero-order valence-corrected chi connectivity index (χ0v) is 16.0. The van der Waals surface area contributed by atoms with Crippen molar-refractivity contribution in [2.45, 2.75) is 42.4 Å². The first-order valence-electron chi connectivity index (χ1n) is 9.15. The molecule has 1 amide bonds. The van der Waals surface area contributed by atoms with E-state index in [9.17, 15) is 18.0 Å². The number of amides is 1. The van der Waals surface area contributed by atoms with Crippen LogP contribution in [0.1, 0.15) is 37.7 Å². The molecule has 1 heterocycles. The van der Waals surface area contributed by atoms with Crippen molar-refractivity contribution in [3.05, 3.63) is 29.8 Å². The number of halogens is 3. The molecular weight excluding hydrogens is 379 g/mol. The summed E-state index contributed by atoms with van der Waals surface area (Å²) >= 11 is 4.13. The number of alkyl halides is 3. The molecule has 1 N–H and O–H groups in total. The maximum Gasteiger partial charge on any atom is 0.418 e. The molecule has 2 aliphatic carbocycles. The van der Waals surface area contributed by atoms with Gasteiger partial charge >= 0.3 is 6.18 Å². The summed E-state index contributed by atoms with van der Waals surface area (Å²) in [5, 5.41) is 2.58. The lowest BCUT2D eigenvalue weighted by Gasteiger charge is -2.52. The third kappa shape index (κ3) is 3.26. The maximum absolute atomic E-state index is 13.2. The Morgan fingerprint density at radius 2 is 1.69 bits per heavy atom. The topological polar surface area (TPSA) is 29.1 Å². The fraction of sp³-hybridized carbons (Fsp3) is 0.632. The molecule has 0 aromatic heterocycles. The van der Waals surface area contributed by atoms with E-state index in [4.69, 9.17) is 0 Å². The normalized spacial score (nSPS) is 30.3. The van der Waals surface area contributed by atoms with Gasteiger partial charge in [0.05, 0.1) is 15.3 Å². The summed E-state index contributed by atoms with van der Waals surface area (Å²) in [6, 6.07) is 5.24. The van der Waals surface area contributed by atoms with Gasteiger partial charge in [-0.05, 0) is 49.7 Å². The van der Waals surface area contributed by atoms with Crippen molar-refractivity contribution >= 4 is 35.1 Å². The van der Waals surface area contributed by atoms with E-state index in [1.54, 1.807) is 0 Å². The van der Waals surface area contributed by atoms with E-state index in [0.717, 1.165) is 31.7 Å². The second-order valence-corrected chi connectivity index (χ2v) is 10.4. The van der Waals surface area contributed by atoms with Gasteiger partial charge in [-0.2, -0.15) is 13.2 Å². The molecule has 2 saturated carbocycles. The smallest absolute Gasteiger partial charge is 0.325 e. The number of hydrogen-bond donors (Lipinski definition) is 1. The molecule has 2 bridgehead atoms. The second-order valence-electron chi connectivity index (χ2n) is 7.44. The fourth-order valence-corrected chi connectivity index (χ4v) is 8.83. The van der Waals surface area contributed by atoms with Crippen LogP contribution in [0.25, 0.3) is 0 Å². The van der Waals surface area contributed by atoms with Gasteiger partial charge in [0.15, 0.2) is 0 Å². The average Bonchev–Trinajstić information content (AvgIpc) is 3.03. The van der Waals surface area contributed by atoms with Crippen molar-refractivity contribution in [3.8, 4) is 0 Å². The minimum absolute atomic E-state index is 0.125. The van der Waals surface area contributed by atoms with E-state index >= 15 is 0 Å². The molecule has 1 aromatic rings. The molecule has 1 aromatic carbocycles. The second kappa shape index (κ2) is 6.97. The molecule has 2 unspecified atom stereocenters. The molecule has 142 valence electrons. The minimum atomic E-state index is -4.46. The van der Waals surface area contributed by atoms with Gasteiger partial charge in [-0.3, -0.25) is 4.79 Å². The van der Waals surface area contributed by atoms with Gasteiger partial charge in [-0.25, -0.2) is 0 Å². The lowest BCUT2D eigenvalue weighted by Crippen LogP contribution is -2.48. The van der Waals surface area contributed by atoms with Crippen molar-refractivity contribution in [1.29, 1.82) is 0 Å². The number of carbonyl (C=O) groups excluding carboxylic acids is 1. The van der Waals surface area contributed by atoms with Gasteiger partial charge < -0.3 is 5.32 Å². The van der Waals surface area contributed by atoms with Gasteiger partial charge in [0.25, 0.3) is 0 Å². The molecule has 3 fully saturated rings. The van der Waals surface area contributed by atoms with Gasteiger partial charge in [-0.1, -0.05) is 18.6 Å². The zero-order valence-electron chi connectivity index (χ0n) is 14.3. The third-order valence-corrected chi connectivity index (χ3v) is 10.00. The zero-order chi connectivity index (χ0) is 18.4. The van der Waals surface area contributed by atoms with Crippen LogP contribution in [0.2, 0.25) is 0 Å². The Morgan fingerprint density at radius 3 is 2.31 bits per heavy atom. The van der Waals surface area contributed by atoms with Crippen molar-refractivity contribution in [3.63, 3.8) is 0 Å². The molecule has 1 saturated heterocycles. The summed E-state index contributed by atoms with van der Waals surface area (Å²) in [5.74, 6) is 2.92. The highest BCUT2D eigenvalue weighted by Crippen LogP contribution is 2.64.